The Bertz CT molecular complexity index is 7770. The monoisotopic (exact) mass is 1980 g/mol. The lowest BCUT2D eigenvalue weighted by Gasteiger charge is -2.46. The van der Waals surface area contributed by atoms with Gasteiger partial charge >= 0.3 is 0 Å². The van der Waals surface area contributed by atoms with Crippen molar-refractivity contribution < 1.29 is 28.4 Å². The molecular formula is C141H124Cl2O6. The summed E-state index contributed by atoms with van der Waals surface area (Å²) in [7, 11) is 5.09. The minimum absolute atomic E-state index is 0.0287. The van der Waals surface area contributed by atoms with E-state index in [0.717, 1.165) is 154 Å². The molecule has 6 nitrogen and oxygen atoms in total. The van der Waals surface area contributed by atoms with Gasteiger partial charge < -0.3 is 28.4 Å². The van der Waals surface area contributed by atoms with Crippen LogP contribution in [-0.4, -0.2) is 41.7 Å². The lowest BCUT2D eigenvalue weighted by molar-refractivity contribution is -0.203. The van der Waals surface area contributed by atoms with Crippen LogP contribution in [0.15, 0.2) is 461 Å². The summed E-state index contributed by atoms with van der Waals surface area (Å²) in [5.41, 5.74) is 41.6. The van der Waals surface area contributed by atoms with Crippen LogP contribution < -0.4 is 0 Å². The molecule has 0 aliphatic heterocycles. The first-order chi connectivity index (χ1) is 72.9. The van der Waals surface area contributed by atoms with Gasteiger partial charge in [-0.05, 0) is 295 Å². The number of benzene rings is 19. The normalized spacial score (nSPS) is 19.2. The van der Waals surface area contributed by atoms with E-state index in [1.54, 1.807) is 21.3 Å². The van der Waals surface area contributed by atoms with Crippen LogP contribution in [0.2, 0.25) is 10.0 Å². The molecule has 8 heteroatoms. The number of rotatable bonds is 18. The van der Waals surface area contributed by atoms with Gasteiger partial charge in [-0.3, -0.25) is 0 Å². The van der Waals surface area contributed by atoms with E-state index in [0.29, 0.717) is 0 Å². The summed E-state index contributed by atoms with van der Waals surface area (Å²) in [6, 6.07) is 168. The van der Waals surface area contributed by atoms with Gasteiger partial charge in [0.25, 0.3) is 0 Å². The average molecular weight is 1990 g/mol. The zero-order chi connectivity index (χ0) is 102. The highest BCUT2D eigenvalue weighted by Gasteiger charge is 2.48. The molecule has 3 fully saturated rings. The predicted molar refractivity (Wildman–Crippen MR) is 619 cm³/mol. The minimum Gasteiger partial charge on any atom is -0.359 e. The van der Waals surface area contributed by atoms with E-state index in [9.17, 15) is 0 Å². The highest BCUT2D eigenvalue weighted by atomic mass is 35.5. The summed E-state index contributed by atoms with van der Waals surface area (Å²) in [5, 5.41) is 1.48. The molecule has 0 aromatic heterocycles. The summed E-state index contributed by atoms with van der Waals surface area (Å²) in [4.78, 5) is 0. The average Bonchev–Trinajstić information content (AvgIpc) is 0.829. The van der Waals surface area contributed by atoms with Gasteiger partial charge in [0.05, 0.1) is 16.8 Å². The molecule has 24 bridgehead atoms. The highest BCUT2D eigenvalue weighted by molar-refractivity contribution is 6.34. The van der Waals surface area contributed by atoms with Crippen LogP contribution in [-0.2, 0) is 61.5 Å². The highest BCUT2D eigenvalue weighted by Crippen LogP contribution is 2.55. The maximum atomic E-state index is 7.19. The Labute approximate surface area is 889 Å². The van der Waals surface area contributed by atoms with Crippen LogP contribution in [0.25, 0.3) is 167 Å². The smallest absolute Gasteiger partial charge is 0.147 e. The lowest BCUT2D eigenvalue weighted by Crippen LogP contribution is -2.43. The molecule has 0 radical (unpaired) electrons. The van der Waals surface area contributed by atoms with Crippen LogP contribution in [0.3, 0.4) is 0 Å². The van der Waals surface area contributed by atoms with Gasteiger partial charge in [-0.15, -0.1) is 0 Å². The zero-order valence-electron chi connectivity index (χ0n) is 85.7. The molecule has 0 heterocycles. The van der Waals surface area contributed by atoms with Crippen molar-refractivity contribution >= 4 is 23.2 Å². The summed E-state index contributed by atoms with van der Waals surface area (Å²) in [6.07, 6.45) is 11.3. The number of hydrogen-bond acceptors (Lipinski definition) is 6. The number of ether oxygens (including phenoxy) is 6. The summed E-state index contributed by atoms with van der Waals surface area (Å²) >= 11 is 14.1. The van der Waals surface area contributed by atoms with E-state index in [2.05, 4.69) is 476 Å². The van der Waals surface area contributed by atoms with E-state index in [-0.39, 0.29) is 36.6 Å². The van der Waals surface area contributed by atoms with Crippen LogP contribution in [0, 0.1) is 0 Å². The Hall–Kier alpha value is -14.5. The molecule has 22 aliphatic rings. The quantitative estimate of drug-likeness (QED) is 0.0798. The Morgan fingerprint density at radius 2 is 0.302 bits per heavy atom. The van der Waals surface area contributed by atoms with Gasteiger partial charge in [0.1, 0.15) is 20.4 Å². The third-order valence-electron chi connectivity index (χ3n) is 33.2. The second-order valence-electron chi connectivity index (χ2n) is 42.1. The fourth-order valence-corrected chi connectivity index (χ4v) is 24.0. The van der Waals surface area contributed by atoms with Crippen molar-refractivity contribution in [3.63, 3.8) is 0 Å². The first-order valence-electron chi connectivity index (χ1n) is 52.6. The van der Waals surface area contributed by atoms with Crippen LogP contribution in [0.1, 0.15) is 131 Å². The van der Waals surface area contributed by atoms with Crippen molar-refractivity contribution in [2.24, 2.45) is 0 Å². The zero-order valence-corrected chi connectivity index (χ0v) is 87.2. The van der Waals surface area contributed by atoms with Crippen LogP contribution >= 0.6 is 23.2 Å². The largest absolute Gasteiger partial charge is 0.359 e. The predicted octanol–water partition coefficient (Wildman–Crippen LogP) is 38.0. The van der Waals surface area contributed by atoms with E-state index < -0.39 is 16.8 Å². The first-order valence-corrected chi connectivity index (χ1v) is 53.3. The van der Waals surface area contributed by atoms with Gasteiger partial charge in [0.2, 0.25) is 0 Å². The Morgan fingerprint density at radius 1 is 0.161 bits per heavy atom. The first kappa shape index (κ1) is 99.2. The number of methoxy groups -OCH3 is 3. The van der Waals surface area contributed by atoms with E-state index >= 15 is 0 Å². The topological polar surface area (TPSA) is 55.4 Å². The number of halogens is 2. The number of hydrogen-bond donors (Lipinski definition) is 0. The van der Waals surface area contributed by atoms with E-state index in [4.69, 9.17) is 51.6 Å². The maximum Gasteiger partial charge on any atom is 0.147 e. The molecule has 0 N–H and O–H groups in total. The molecule has 0 spiro atoms. The molecule has 19 aromatic rings. The molecule has 0 unspecified atom stereocenters. The van der Waals surface area contributed by atoms with Crippen LogP contribution in [0.5, 0.6) is 0 Å². The summed E-state index contributed by atoms with van der Waals surface area (Å²) in [6.45, 7) is 8.00. The van der Waals surface area contributed by atoms with Gasteiger partial charge in [-0.2, -0.15) is 0 Å². The fourth-order valence-electron chi connectivity index (χ4n) is 23.4. The molecule has 149 heavy (non-hydrogen) atoms. The van der Waals surface area contributed by atoms with Crippen molar-refractivity contribution in [3.8, 4) is 167 Å². The van der Waals surface area contributed by atoms with Crippen molar-refractivity contribution in [3.05, 3.63) is 504 Å². The Kier molecular flexibility index (Phi) is 28.9. The molecule has 0 saturated heterocycles. The Balaban J connectivity index is 0.000000180. The molecule has 19 aromatic carbocycles. The standard InChI is InChI=1S/C81H83ClO6.C60H41Cl/c1-76-41-43-77(2,44-42-76)70-32-25-66(26-33-70)74-40-27-67(53-75(74)82)65-23-38-73(39-24-65)81(88-56-85-6)51-49-80(50-52-81,87-55-84-5)72-36-21-64(22-37-72)60-13-11-59(12-14-60)63-19-34-71(35-20-63)79(86-54-83-4)47-45-78(3,46-48-79)69-30-17-62(18-31-69)58-9-7-57(8-10-58)61-15-28-68(76)29-16-61;61-60-41-58(39-40-59(60)57-37-35-45(36-38-57)43-9-5-2-6-10-43)56-33-31-55(32-34-56)54-29-27-53(28-30-54)52-25-23-51(24-26-52)50-21-19-49(20-22-50)48-17-15-47(16-18-48)46-13-11-44(12-14-46)42-7-3-1-4-8-42/h7-40,53H,41-52,54-56H2,1-6H3;1-41H. The van der Waals surface area contributed by atoms with Crippen molar-refractivity contribution in [1.29, 1.82) is 0 Å². The second kappa shape index (κ2) is 43.4. The van der Waals surface area contributed by atoms with Crippen LogP contribution in [0.4, 0.5) is 0 Å². The van der Waals surface area contributed by atoms with Gasteiger partial charge in [-0.1, -0.05) is 493 Å². The van der Waals surface area contributed by atoms with Crippen molar-refractivity contribution in [2.45, 2.75) is 131 Å². The van der Waals surface area contributed by atoms with Gasteiger partial charge in [-0.25, -0.2) is 0 Å². The molecule has 0 atom stereocenters. The third-order valence-corrected chi connectivity index (χ3v) is 33.9. The SMILES string of the molecule is COCOC12CCC(C)(CC1)c1ccc(cc1)-c1ccc(cc1)-c1ccc(cc1)C1(C)CCC(C)(CC1)c1ccc(cc1)-c1ccc(cc1Cl)-c1ccc(cc1)C1(OCOC)CCC(OCOC)(CC1)c1ccc(cc1)-c1ccc(cc1)-c1ccc2cc1.Clc1cc(-c2ccc(-c3ccc(-c4ccc(-c5ccc(-c6ccc(-c7ccc(-c8ccccc8)cc7)cc6)cc5)cc4)cc3)cc2)ccc1-c1ccc(-c2ccccc2)cc1. The molecule has 41 rings (SSSR count). The summed E-state index contributed by atoms with van der Waals surface area (Å²) in [5.74, 6) is 0. The maximum absolute atomic E-state index is 7.19. The molecule has 3 saturated carbocycles. The van der Waals surface area contributed by atoms with E-state index in [1.807, 2.05) is 6.07 Å². The molecule has 738 valence electrons. The van der Waals surface area contributed by atoms with Crippen molar-refractivity contribution in [2.75, 3.05) is 41.7 Å². The minimum atomic E-state index is -0.561. The van der Waals surface area contributed by atoms with E-state index in [1.165, 1.54) is 134 Å². The summed E-state index contributed by atoms with van der Waals surface area (Å²) < 4.78 is 36.9. The van der Waals surface area contributed by atoms with Gasteiger partial charge in [0, 0.05) is 42.5 Å². The molecule has 22 aliphatic carbocycles. The van der Waals surface area contributed by atoms with Gasteiger partial charge in [0.15, 0.2) is 0 Å². The third kappa shape index (κ3) is 21.1. The Morgan fingerprint density at radius 3 is 0.490 bits per heavy atom. The lowest BCUT2D eigenvalue weighted by atomic mass is 9.60. The fraction of sp³-hybridized carbons (Fsp3) is 0.191. The molecular weight excluding hydrogens is 1860 g/mol. The second-order valence-corrected chi connectivity index (χ2v) is 42.9. The van der Waals surface area contributed by atoms with Crippen molar-refractivity contribution in [1.82, 2.24) is 0 Å². The molecule has 0 amide bonds.